The second-order valence-electron chi connectivity index (χ2n) is 7.24. The molecule has 2 aromatic rings. The molecule has 0 atom stereocenters. The van der Waals surface area contributed by atoms with Crippen LogP contribution in [-0.2, 0) is 9.53 Å². The van der Waals surface area contributed by atoms with Crippen LogP contribution in [0.2, 0.25) is 0 Å². The Morgan fingerprint density at radius 1 is 0.931 bits per heavy atom. The zero-order chi connectivity index (χ0) is 21.4. The van der Waals surface area contributed by atoms with E-state index in [0.29, 0.717) is 21.4 Å². The lowest BCUT2D eigenvalue weighted by Gasteiger charge is -2.19. The number of benzene rings is 2. The zero-order valence-corrected chi connectivity index (χ0v) is 18.1. The van der Waals surface area contributed by atoms with Crippen molar-refractivity contribution < 1.29 is 19.1 Å². The molecule has 0 aromatic heterocycles. The first-order valence-corrected chi connectivity index (χ1v) is 9.86. The van der Waals surface area contributed by atoms with Gasteiger partial charge in [0, 0.05) is 28.8 Å². The molecule has 2 rings (SSSR count). The molecule has 7 nitrogen and oxygen atoms in total. The van der Waals surface area contributed by atoms with Gasteiger partial charge in [0.1, 0.15) is 5.60 Å². The zero-order valence-electron chi connectivity index (χ0n) is 16.5. The molecule has 0 bridgehead atoms. The van der Waals surface area contributed by atoms with Gasteiger partial charge >= 0.3 is 6.09 Å². The number of ether oxygens (including phenoxy) is 1. The lowest BCUT2D eigenvalue weighted by atomic mass is 10.2. The minimum Gasteiger partial charge on any atom is -0.444 e. The summed E-state index contributed by atoms with van der Waals surface area (Å²) in [6, 6.07) is 13.9. The molecular weight excluding hydrogens is 438 g/mol. The average Bonchev–Trinajstić information content (AvgIpc) is 2.62. The maximum Gasteiger partial charge on any atom is 0.407 e. The molecule has 0 aliphatic carbocycles. The van der Waals surface area contributed by atoms with E-state index in [-0.39, 0.29) is 24.8 Å². The third-order valence-corrected chi connectivity index (χ3v) is 4.26. The molecule has 0 saturated carbocycles. The smallest absolute Gasteiger partial charge is 0.407 e. The molecule has 8 heteroatoms. The van der Waals surface area contributed by atoms with E-state index in [1.54, 1.807) is 63.2 Å². The molecule has 154 valence electrons. The van der Waals surface area contributed by atoms with Gasteiger partial charge in [-0.1, -0.05) is 12.1 Å². The summed E-state index contributed by atoms with van der Waals surface area (Å²) in [6.45, 7) is 5.47. The maximum atomic E-state index is 12.3. The topological polar surface area (TPSA) is 96.5 Å². The summed E-state index contributed by atoms with van der Waals surface area (Å²) in [5.74, 6) is -0.478. The summed E-state index contributed by atoms with van der Waals surface area (Å²) < 4.78 is 5.81. The van der Waals surface area contributed by atoms with Crippen molar-refractivity contribution in [3.8, 4) is 0 Å². The first-order chi connectivity index (χ1) is 13.6. The summed E-state index contributed by atoms with van der Waals surface area (Å²) >= 11 is 3.35. The number of hydrogen-bond acceptors (Lipinski definition) is 4. The van der Waals surface area contributed by atoms with Crippen molar-refractivity contribution in [2.75, 3.05) is 17.2 Å². The SMILES string of the molecule is CC(C)(C)OC(=O)NCCC(=O)Nc1ccc(NC(=O)c2ccccc2Br)cc1. The number of anilines is 2. The number of halogens is 1. The second kappa shape index (κ2) is 10.1. The van der Waals surface area contributed by atoms with E-state index in [2.05, 4.69) is 31.9 Å². The molecule has 0 unspecified atom stereocenters. The number of amides is 3. The molecule has 0 saturated heterocycles. The first kappa shape index (κ1) is 22.4. The van der Waals surface area contributed by atoms with Gasteiger partial charge in [-0.2, -0.15) is 0 Å². The summed E-state index contributed by atoms with van der Waals surface area (Å²) in [7, 11) is 0. The normalized spacial score (nSPS) is 10.8. The van der Waals surface area contributed by atoms with Gasteiger partial charge in [0.25, 0.3) is 5.91 Å². The fourth-order valence-electron chi connectivity index (χ4n) is 2.30. The maximum absolute atomic E-state index is 12.3. The molecule has 3 N–H and O–H groups in total. The first-order valence-electron chi connectivity index (χ1n) is 9.07. The van der Waals surface area contributed by atoms with E-state index >= 15 is 0 Å². The minimum atomic E-state index is -0.583. The number of alkyl carbamates (subject to hydrolysis) is 1. The number of hydrogen-bond donors (Lipinski definition) is 3. The van der Waals surface area contributed by atoms with E-state index < -0.39 is 11.7 Å². The van der Waals surface area contributed by atoms with Crippen molar-refractivity contribution in [2.24, 2.45) is 0 Å². The van der Waals surface area contributed by atoms with Gasteiger partial charge in [0.15, 0.2) is 0 Å². The molecule has 0 aliphatic heterocycles. The van der Waals surface area contributed by atoms with E-state index in [1.807, 2.05) is 6.07 Å². The Kier molecular flexibility index (Phi) is 7.78. The van der Waals surface area contributed by atoms with Crippen molar-refractivity contribution in [1.29, 1.82) is 0 Å². The number of carbonyl (C=O) groups excluding carboxylic acids is 3. The van der Waals surface area contributed by atoms with Gasteiger partial charge in [-0.15, -0.1) is 0 Å². The van der Waals surface area contributed by atoms with Crippen LogP contribution in [0.15, 0.2) is 53.0 Å². The van der Waals surface area contributed by atoms with Crippen molar-refractivity contribution in [1.82, 2.24) is 5.32 Å². The molecule has 0 aliphatic rings. The van der Waals surface area contributed by atoms with Crippen LogP contribution in [0, 0.1) is 0 Å². The Bertz CT molecular complexity index is 876. The standard InChI is InChI=1S/C21H24BrN3O4/c1-21(2,3)29-20(28)23-13-12-18(26)24-14-8-10-15(11-9-14)25-19(27)16-6-4-5-7-17(16)22/h4-11H,12-13H2,1-3H3,(H,23,28)(H,24,26)(H,25,27). The van der Waals surface area contributed by atoms with Crippen LogP contribution in [0.5, 0.6) is 0 Å². The van der Waals surface area contributed by atoms with Gasteiger partial charge in [-0.25, -0.2) is 4.79 Å². The van der Waals surface area contributed by atoms with E-state index in [4.69, 9.17) is 4.74 Å². The Balaban J connectivity index is 1.80. The van der Waals surface area contributed by atoms with Crippen LogP contribution >= 0.6 is 15.9 Å². The van der Waals surface area contributed by atoms with Crippen LogP contribution in [0.3, 0.4) is 0 Å². The summed E-state index contributed by atoms with van der Waals surface area (Å²) in [4.78, 5) is 35.8. The fraction of sp³-hybridized carbons (Fsp3) is 0.286. The van der Waals surface area contributed by atoms with Crippen LogP contribution < -0.4 is 16.0 Å². The number of carbonyl (C=O) groups is 3. The van der Waals surface area contributed by atoms with E-state index in [1.165, 1.54) is 0 Å². The molecule has 29 heavy (non-hydrogen) atoms. The summed E-state index contributed by atoms with van der Waals surface area (Å²) in [6.07, 6.45) is -0.449. The monoisotopic (exact) mass is 461 g/mol. The number of nitrogens with one attached hydrogen (secondary N) is 3. The molecule has 3 amide bonds. The highest BCUT2D eigenvalue weighted by Gasteiger charge is 2.16. The van der Waals surface area contributed by atoms with Gasteiger partial charge < -0.3 is 20.7 Å². The van der Waals surface area contributed by atoms with Crippen LogP contribution in [0.1, 0.15) is 37.6 Å². The summed E-state index contributed by atoms with van der Waals surface area (Å²) in [5, 5.41) is 8.07. The van der Waals surface area contributed by atoms with Crippen LogP contribution in [0.4, 0.5) is 16.2 Å². The lowest BCUT2D eigenvalue weighted by molar-refractivity contribution is -0.116. The van der Waals surface area contributed by atoms with Crippen molar-refractivity contribution in [3.63, 3.8) is 0 Å². The van der Waals surface area contributed by atoms with Gasteiger partial charge in [-0.05, 0) is 73.1 Å². The van der Waals surface area contributed by atoms with E-state index in [9.17, 15) is 14.4 Å². The predicted molar refractivity (Wildman–Crippen MR) is 116 cm³/mol. The van der Waals surface area contributed by atoms with Crippen molar-refractivity contribution >= 4 is 45.2 Å². The highest BCUT2D eigenvalue weighted by Crippen LogP contribution is 2.19. The van der Waals surface area contributed by atoms with Crippen LogP contribution in [-0.4, -0.2) is 30.1 Å². The van der Waals surface area contributed by atoms with Gasteiger partial charge in [-0.3, -0.25) is 9.59 Å². The van der Waals surface area contributed by atoms with Crippen LogP contribution in [0.25, 0.3) is 0 Å². The second-order valence-corrected chi connectivity index (χ2v) is 8.09. The highest BCUT2D eigenvalue weighted by atomic mass is 79.9. The Labute approximate surface area is 178 Å². The Hall–Kier alpha value is -2.87. The molecule has 0 radical (unpaired) electrons. The number of rotatable bonds is 6. The highest BCUT2D eigenvalue weighted by molar-refractivity contribution is 9.10. The van der Waals surface area contributed by atoms with Gasteiger partial charge in [0.2, 0.25) is 5.91 Å². The van der Waals surface area contributed by atoms with Gasteiger partial charge in [0.05, 0.1) is 5.56 Å². The average molecular weight is 462 g/mol. The molecule has 0 fully saturated rings. The molecule has 0 heterocycles. The Morgan fingerprint density at radius 3 is 2.10 bits per heavy atom. The largest absolute Gasteiger partial charge is 0.444 e. The predicted octanol–water partition coefficient (Wildman–Crippen LogP) is 4.55. The van der Waals surface area contributed by atoms with Crippen molar-refractivity contribution in [3.05, 3.63) is 58.6 Å². The summed E-state index contributed by atoms with van der Waals surface area (Å²) in [5.41, 5.74) is 1.14. The fourth-order valence-corrected chi connectivity index (χ4v) is 2.76. The van der Waals surface area contributed by atoms with Crippen molar-refractivity contribution in [2.45, 2.75) is 32.8 Å². The lowest BCUT2D eigenvalue weighted by Crippen LogP contribution is -2.34. The third kappa shape index (κ3) is 7.95. The van der Waals surface area contributed by atoms with E-state index in [0.717, 1.165) is 0 Å². The quantitative estimate of drug-likeness (QED) is 0.587. The molecular formula is C21H24BrN3O4. The minimum absolute atomic E-state index is 0.111. The third-order valence-electron chi connectivity index (χ3n) is 3.57. The molecule has 2 aromatic carbocycles. The Morgan fingerprint density at radius 2 is 1.52 bits per heavy atom. The molecule has 0 spiro atoms.